The predicted molar refractivity (Wildman–Crippen MR) is 95.2 cm³/mol. The predicted octanol–water partition coefficient (Wildman–Crippen LogP) is 3.88. The maximum atomic E-state index is 12.2. The molecule has 0 atom stereocenters. The lowest BCUT2D eigenvalue weighted by molar-refractivity contribution is 0.0950. The zero-order valence-electron chi connectivity index (χ0n) is 13.0. The largest absolute Gasteiger partial charge is 0.289 e. The van der Waals surface area contributed by atoms with E-state index in [0.29, 0.717) is 22.1 Å². The van der Waals surface area contributed by atoms with Crippen LogP contribution in [0.15, 0.2) is 65.8 Å². The van der Waals surface area contributed by atoms with E-state index in [1.165, 1.54) is 0 Å². The molecule has 0 radical (unpaired) electrons. The second-order valence-electron chi connectivity index (χ2n) is 5.18. The number of nitrogens with one attached hydrogen (secondary N) is 2. The number of benzene rings is 2. The number of aromatic nitrogens is 2. The maximum absolute atomic E-state index is 12.2. The Bertz CT molecular complexity index is 870. The van der Waals surface area contributed by atoms with Crippen LogP contribution in [0, 0.1) is 0 Å². The smallest absolute Gasteiger partial charge is 0.272 e. The molecule has 5 nitrogen and oxygen atoms in total. The fourth-order valence-electron chi connectivity index (χ4n) is 2.15. The van der Waals surface area contributed by atoms with Crippen molar-refractivity contribution in [2.45, 2.75) is 6.92 Å². The minimum atomic E-state index is -0.349. The van der Waals surface area contributed by atoms with E-state index in [0.717, 1.165) is 11.1 Å². The van der Waals surface area contributed by atoms with Gasteiger partial charge in [0.25, 0.3) is 5.91 Å². The van der Waals surface area contributed by atoms with Gasteiger partial charge in [-0.3, -0.25) is 9.89 Å². The highest BCUT2D eigenvalue weighted by atomic mass is 35.5. The summed E-state index contributed by atoms with van der Waals surface area (Å²) in [6, 6.07) is 18.6. The highest BCUT2D eigenvalue weighted by Crippen LogP contribution is 2.16. The highest BCUT2D eigenvalue weighted by Gasteiger charge is 2.10. The van der Waals surface area contributed by atoms with E-state index in [-0.39, 0.29) is 5.91 Å². The first-order chi connectivity index (χ1) is 11.6. The molecule has 0 unspecified atom stereocenters. The number of H-pyrrole nitrogens is 1. The average Bonchev–Trinajstić information content (AvgIpc) is 3.11. The summed E-state index contributed by atoms with van der Waals surface area (Å²) in [5.41, 5.74) is 6.08. The second kappa shape index (κ2) is 7.10. The molecule has 0 saturated heterocycles. The van der Waals surface area contributed by atoms with Crippen LogP contribution in [-0.2, 0) is 0 Å². The first-order valence-corrected chi connectivity index (χ1v) is 7.72. The van der Waals surface area contributed by atoms with E-state index >= 15 is 0 Å². The van der Waals surface area contributed by atoms with E-state index < -0.39 is 0 Å². The van der Waals surface area contributed by atoms with Crippen molar-refractivity contribution in [2.24, 2.45) is 5.10 Å². The third-order valence-corrected chi connectivity index (χ3v) is 3.73. The summed E-state index contributed by atoms with van der Waals surface area (Å²) in [6.45, 7) is 1.81. The minimum Gasteiger partial charge on any atom is -0.272 e. The van der Waals surface area contributed by atoms with E-state index in [1.807, 2.05) is 49.4 Å². The lowest BCUT2D eigenvalue weighted by atomic mass is 10.1. The molecular formula is C18H15ClN4O. The van der Waals surface area contributed by atoms with E-state index in [9.17, 15) is 4.79 Å². The fraction of sp³-hybridized carbons (Fsp3) is 0.0556. The monoisotopic (exact) mass is 338 g/mol. The first-order valence-electron chi connectivity index (χ1n) is 7.35. The Morgan fingerprint density at radius 2 is 1.83 bits per heavy atom. The third kappa shape index (κ3) is 3.70. The van der Waals surface area contributed by atoms with Crippen LogP contribution in [0.1, 0.15) is 23.0 Å². The number of carbonyl (C=O) groups excluding carboxylic acids is 1. The SMILES string of the molecule is C/C(=N/NC(=O)c1cc(-c2ccccc2)n[nH]1)c1ccc(Cl)cc1. The molecular weight excluding hydrogens is 324 g/mol. The number of aromatic amines is 1. The number of halogens is 1. The van der Waals surface area contributed by atoms with Crippen molar-refractivity contribution in [2.75, 3.05) is 0 Å². The Hall–Kier alpha value is -2.92. The van der Waals surface area contributed by atoms with Gasteiger partial charge >= 0.3 is 0 Å². The molecule has 0 aliphatic heterocycles. The minimum absolute atomic E-state index is 0.349. The van der Waals surface area contributed by atoms with Gasteiger partial charge < -0.3 is 0 Å². The summed E-state index contributed by atoms with van der Waals surface area (Å²) in [7, 11) is 0. The van der Waals surface area contributed by atoms with Gasteiger partial charge in [-0.15, -0.1) is 0 Å². The van der Waals surface area contributed by atoms with Crippen LogP contribution in [0.2, 0.25) is 5.02 Å². The van der Waals surface area contributed by atoms with Crippen molar-refractivity contribution in [1.82, 2.24) is 15.6 Å². The Labute approximate surface area is 144 Å². The summed E-state index contributed by atoms with van der Waals surface area (Å²) in [5, 5.41) is 11.6. The molecule has 24 heavy (non-hydrogen) atoms. The fourth-order valence-corrected chi connectivity index (χ4v) is 2.27. The summed E-state index contributed by atoms with van der Waals surface area (Å²) in [4.78, 5) is 12.2. The summed E-state index contributed by atoms with van der Waals surface area (Å²) < 4.78 is 0. The zero-order valence-corrected chi connectivity index (χ0v) is 13.7. The van der Waals surface area contributed by atoms with E-state index in [2.05, 4.69) is 20.7 Å². The molecule has 0 saturated carbocycles. The summed E-state index contributed by atoms with van der Waals surface area (Å²) in [6.07, 6.45) is 0. The van der Waals surface area contributed by atoms with Crippen LogP contribution >= 0.6 is 11.6 Å². The van der Waals surface area contributed by atoms with E-state index in [4.69, 9.17) is 11.6 Å². The van der Waals surface area contributed by atoms with E-state index in [1.54, 1.807) is 18.2 Å². The quantitative estimate of drug-likeness (QED) is 0.559. The Morgan fingerprint density at radius 3 is 2.54 bits per heavy atom. The molecule has 1 amide bonds. The number of nitrogens with zero attached hydrogens (tertiary/aromatic N) is 2. The van der Waals surface area contributed by atoms with Gasteiger partial charge in [-0.25, -0.2) is 5.43 Å². The van der Waals surface area contributed by atoms with Crippen LogP contribution < -0.4 is 5.43 Å². The molecule has 0 fully saturated rings. The van der Waals surface area contributed by atoms with Crippen molar-refractivity contribution in [3.05, 3.63) is 76.9 Å². The number of carbonyl (C=O) groups is 1. The van der Waals surface area contributed by atoms with Gasteiger partial charge in [-0.2, -0.15) is 10.2 Å². The second-order valence-corrected chi connectivity index (χ2v) is 5.61. The van der Waals surface area contributed by atoms with Crippen LogP contribution in [0.3, 0.4) is 0 Å². The summed E-state index contributed by atoms with van der Waals surface area (Å²) >= 11 is 5.86. The lowest BCUT2D eigenvalue weighted by Gasteiger charge is -2.02. The average molecular weight is 339 g/mol. The Kier molecular flexibility index (Phi) is 4.72. The molecule has 0 bridgehead atoms. The molecule has 0 aliphatic rings. The molecule has 0 spiro atoms. The first kappa shape index (κ1) is 16.0. The molecule has 3 rings (SSSR count). The van der Waals surface area contributed by atoms with Crippen molar-refractivity contribution in [1.29, 1.82) is 0 Å². The summed E-state index contributed by atoms with van der Waals surface area (Å²) in [5.74, 6) is -0.349. The number of amides is 1. The normalized spacial score (nSPS) is 11.3. The van der Waals surface area contributed by atoms with Gasteiger partial charge in [0.1, 0.15) is 5.69 Å². The molecule has 0 aliphatic carbocycles. The molecule has 2 N–H and O–H groups in total. The number of rotatable bonds is 4. The van der Waals surface area contributed by atoms with Gasteiger partial charge in [0, 0.05) is 10.6 Å². The Morgan fingerprint density at radius 1 is 1.12 bits per heavy atom. The molecule has 2 aromatic carbocycles. The molecule has 120 valence electrons. The van der Waals surface area contributed by atoms with Crippen molar-refractivity contribution >= 4 is 23.2 Å². The maximum Gasteiger partial charge on any atom is 0.289 e. The number of hydrazone groups is 1. The standard InChI is InChI=1S/C18H15ClN4O/c1-12(13-7-9-15(19)10-8-13)20-23-18(24)17-11-16(21-22-17)14-5-3-2-4-6-14/h2-11H,1H3,(H,21,22)(H,23,24)/b20-12-. The van der Waals surface area contributed by atoms with Crippen molar-refractivity contribution in [3.8, 4) is 11.3 Å². The van der Waals surface area contributed by atoms with Gasteiger partial charge in [-0.05, 0) is 30.7 Å². The van der Waals surface area contributed by atoms with Gasteiger partial charge in [-0.1, -0.05) is 54.1 Å². The zero-order chi connectivity index (χ0) is 16.9. The van der Waals surface area contributed by atoms with Crippen molar-refractivity contribution < 1.29 is 4.79 Å². The van der Waals surface area contributed by atoms with Crippen molar-refractivity contribution in [3.63, 3.8) is 0 Å². The molecule has 1 heterocycles. The number of hydrogen-bond acceptors (Lipinski definition) is 3. The molecule has 6 heteroatoms. The van der Waals surface area contributed by atoms with Gasteiger partial charge in [0.2, 0.25) is 0 Å². The van der Waals surface area contributed by atoms with Crippen LogP contribution in [0.5, 0.6) is 0 Å². The Balaban J connectivity index is 1.70. The van der Waals surface area contributed by atoms with Crippen LogP contribution in [0.25, 0.3) is 11.3 Å². The number of hydrogen-bond donors (Lipinski definition) is 2. The topological polar surface area (TPSA) is 70.1 Å². The van der Waals surface area contributed by atoms with Gasteiger partial charge in [0.15, 0.2) is 0 Å². The molecule has 1 aromatic heterocycles. The highest BCUT2D eigenvalue weighted by molar-refractivity contribution is 6.30. The lowest BCUT2D eigenvalue weighted by Crippen LogP contribution is -2.19. The van der Waals surface area contributed by atoms with Crippen LogP contribution in [0.4, 0.5) is 0 Å². The van der Waals surface area contributed by atoms with Crippen LogP contribution in [-0.4, -0.2) is 21.8 Å². The molecule has 3 aromatic rings. The van der Waals surface area contributed by atoms with Gasteiger partial charge in [0.05, 0.1) is 11.4 Å². The third-order valence-electron chi connectivity index (χ3n) is 3.48.